The lowest BCUT2D eigenvalue weighted by Crippen LogP contribution is -2.59. The molecule has 43 heavy (non-hydrogen) atoms. The van der Waals surface area contributed by atoms with Crippen LogP contribution in [0.4, 0.5) is 0 Å². The van der Waals surface area contributed by atoms with Gasteiger partial charge < -0.3 is 49.1 Å². The zero-order valence-corrected chi connectivity index (χ0v) is 25.2. The second kappa shape index (κ2) is 17.9. The molecule has 0 bridgehead atoms. The van der Waals surface area contributed by atoms with Gasteiger partial charge in [0.15, 0.2) is 0 Å². The van der Waals surface area contributed by atoms with Crippen molar-refractivity contribution in [3.63, 3.8) is 0 Å². The van der Waals surface area contributed by atoms with E-state index in [1.165, 1.54) is 4.90 Å². The van der Waals surface area contributed by atoms with Crippen LogP contribution in [0, 0.1) is 5.92 Å². The Morgan fingerprint density at radius 3 is 2.00 bits per heavy atom. The summed E-state index contributed by atoms with van der Waals surface area (Å²) in [5.41, 5.74) is 21.1. The Kier molecular flexibility index (Phi) is 15.4. The van der Waals surface area contributed by atoms with Gasteiger partial charge in [0.05, 0.1) is 19.0 Å². The summed E-state index contributed by atoms with van der Waals surface area (Å²) < 4.78 is 0. The molecule has 0 spiro atoms. The molecule has 1 heterocycles. The van der Waals surface area contributed by atoms with Crippen LogP contribution in [-0.4, -0.2) is 101 Å². The molecule has 1 aliphatic rings. The van der Waals surface area contributed by atoms with Crippen molar-refractivity contribution >= 4 is 59.9 Å². The number of thiol groups is 1. The van der Waals surface area contributed by atoms with Gasteiger partial charge in [-0.2, -0.15) is 12.6 Å². The number of hydrogen-bond acceptors (Lipinski definition) is 10. The molecule has 0 unspecified atom stereocenters. The molecule has 5 atom stereocenters. The van der Waals surface area contributed by atoms with Crippen molar-refractivity contribution in [1.82, 2.24) is 26.2 Å². The number of nitrogens with two attached hydrogens (primary N) is 4. The Labute approximate surface area is 254 Å². The Balaban J connectivity index is 2.99. The molecule has 242 valence electrons. The van der Waals surface area contributed by atoms with E-state index in [0.29, 0.717) is 6.42 Å². The summed E-state index contributed by atoms with van der Waals surface area (Å²) in [6.07, 6.45) is 0.100. The molecule has 0 radical (unpaired) electrons. The lowest BCUT2D eigenvalue weighted by molar-refractivity contribution is -0.142. The van der Waals surface area contributed by atoms with Crippen molar-refractivity contribution in [1.29, 1.82) is 0 Å². The number of likely N-dealkylation sites (tertiary alicyclic amines) is 1. The molecule has 1 aliphatic heterocycles. The predicted molar refractivity (Wildman–Crippen MR) is 156 cm³/mol. The highest BCUT2D eigenvalue weighted by atomic mass is 32.1. The molecule has 0 saturated carbocycles. The van der Waals surface area contributed by atoms with Crippen molar-refractivity contribution in [3.05, 3.63) is 0 Å². The van der Waals surface area contributed by atoms with Gasteiger partial charge >= 0.3 is 0 Å². The van der Waals surface area contributed by atoms with Crippen LogP contribution in [0.15, 0.2) is 0 Å². The van der Waals surface area contributed by atoms with Gasteiger partial charge in [-0.25, -0.2) is 0 Å². The summed E-state index contributed by atoms with van der Waals surface area (Å²) in [4.78, 5) is 99.6. The van der Waals surface area contributed by atoms with E-state index in [0.717, 1.165) is 0 Å². The number of carbonyl (C=O) groups is 8. The standard InChI is InChI=1S/C25H43N9O8S/c1-12(2)8-14(22(39)30-10-20(29)37)32-24(41)17-4-3-7-34(17)25(42)16(11-43)33-23(40)15(9-19(28)36)31-21(38)13(26)5-6-18(27)35/h12-17,43H,3-11,26H2,1-2H3,(H2,27,35)(H2,28,36)(H2,29,37)(H,30,39)(H,31,38)(H,32,41)(H,33,40)/t13-,14-,15-,16-,17-/m0/s1. The van der Waals surface area contributed by atoms with Crippen LogP contribution in [0.3, 0.4) is 0 Å². The Morgan fingerprint density at radius 2 is 1.47 bits per heavy atom. The van der Waals surface area contributed by atoms with E-state index in [-0.39, 0.29) is 43.9 Å². The van der Waals surface area contributed by atoms with Gasteiger partial charge in [0.25, 0.3) is 0 Å². The lowest BCUT2D eigenvalue weighted by atomic mass is 10.0. The van der Waals surface area contributed by atoms with Crippen LogP contribution in [0.2, 0.25) is 0 Å². The Bertz CT molecular complexity index is 1070. The molecule has 17 nitrogen and oxygen atoms in total. The molecule has 1 fully saturated rings. The summed E-state index contributed by atoms with van der Waals surface area (Å²) in [5, 5.41) is 9.73. The number of amides is 8. The highest BCUT2D eigenvalue weighted by Crippen LogP contribution is 2.20. The molecule has 0 aromatic rings. The average Bonchev–Trinajstić information content (AvgIpc) is 3.41. The average molecular weight is 630 g/mol. The number of nitrogens with zero attached hydrogens (tertiary/aromatic N) is 1. The summed E-state index contributed by atoms with van der Waals surface area (Å²) >= 11 is 4.15. The normalized spacial score (nSPS) is 17.2. The van der Waals surface area contributed by atoms with Crippen LogP contribution in [0.1, 0.15) is 52.4 Å². The highest BCUT2D eigenvalue weighted by Gasteiger charge is 2.39. The summed E-state index contributed by atoms with van der Waals surface area (Å²) in [6.45, 7) is 3.45. The molecule has 12 N–H and O–H groups in total. The van der Waals surface area contributed by atoms with E-state index in [4.69, 9.17) is 22.9 Å². The van der Waals surface area contributed by atoms with Crippen molar-refractivity contribution in [2.24, 2.45) is 28.9 Å². The van der Waals surface area contributed by atoms with Crippen LogP contribution < -0.4 is 44.2 Å². The molecule has 0 aromatic heterocycles. The SMILES string of the molecule is CC(C)C[C@H](NC(=O)[C@@H]1CCCN1C(=O)[C@H](CS)NC(=O)[C@H](CC(N)=O)NC(=O)[C@@H](N)CCC(N)=O)C(=O)NCC(N)=O. The molecule has 0 aliphatic carbocycles. The molecular weight excluding hydrogens is 586 g/mol. The van der Waals surface area contributed by atoms with E-state index in [9.17, 15) is 38.4 Å². The minimum absolute atomic E-state index is 0.00117. The van der Waals surface area contributed by atoms with Gasteiger partial charge in [-0.3, -0.25) is 38.4 Å². The van der Waals surface area contributed by atoms with E-state index in [1.807, 2.05) is 13.8 Å². The fraction of sp³-hybridized carbons (Fsp3) is 0.680. The Hall–Kier alpha value is -3.93. The molecule has 1 rings (SSSR count). The first-order chi connectivity index (χ1) is 20.1. The summed E-state index contributed by atoms with van der Waals surface area (Å²) in [7, 11) is 0. The van der Waals surface area contributed by atoms with Gasteiger partial charge in [0, 0.05) is 18.7 Å². The van der Waals surface area contributed by atoms with E-state index in [1.54, 1.807) is 0 Å². The second-order valence-electron chi connectivity index (χ2n) is 10.7. The van der Waals surface area contributed by atoms with E-state index in [2.05, 4.69) is 33.9 Å². The van der Waals surface area contributed by atoms with Crippen molar-refractivity contribution in [3.8, 4) is 0 Å². The third-order valence-corrected chi connectivity index (χ3v) is 6.85. The molecular formula is C25H43N9O8S. The molecule has 1 saturated heterocycles. The van der Waals surface area contributed by atoms with Crippen molar-refractivity contribution < 1.29 is 38.4 Å². The molecule has 0 aromatic carbocycles. The summed E-state index contributed by atoms with van der Waals surface area (Å²) in [5.74, 6) is -6.17. The molecule has 18 heteroatoms. The maximum atomic E-state index is 13.4. The predicted octanol–water partition coefficient (Wildman–Crippen LogP) is -4.52. The van der Waals surface area contributed by atoms with Gasteiger partial charge in [0.1, 0.15) is 24.2 Å². The van der Waals surface area contributed by atoms with E-state index < -0.39 is 90.4 Å². The first-order valence-electron chi connectivity index (χ1n) is 13.8. The first-order valence-corrected chi connectivity index (χ1v) is 14.4. The largest absolute Gasteiger partial charge is 0.370 e. The fourth-order valence-electron chi connectivity index (χ4n) is 4.35. The maximum Gasteiger partial charge on any atom is 0.246 e. The minimum atomic E-state index is -1.49. The maximum absolute atomic E-state index is 13.4. The smallest absolute Gasteiger partial charge is 0.246 e. The molecule has 8 amide bonds. The third-order valence-electron chi connectivity index (χ3n) is 6.49. The topological polar surface area (TPSA) is 292 Å². The van der Waals surface area contributed by atoms with Gasteiger partial charge in [-0.15, -0.1) is 0 Å². The zero-order valence-electron chi connectivity index (χ0n) is 24.3. The monoisotopic (exact) mass is 629 g/mol. The quantitative estimate of drug-likeness (QED) is 0.0659. The number of rotatable bonds is 18. The number of hydrogen-bond donors (Lipinski definition) is 9. The highest BCUT2D eigenvalue weighted by molar-refractivity contribution is 7.80. The van der Waals surface area contributed by atoms with Crippen LogP contribution in [0.5, 0.6) is 0 Å². The lowest BCUT2D eigenvalue weighted by Gasteiger charge is -2.30. The second-order valence-corrected chi connectivity index (χ2v) is 11.0. The van der Waals surface area contributed by atoms with Crippen LogP contribution >= 0.6 is 12.6 Å². The number of primary amides is 3. The Morgan fingerprint density at radius 1 is 0.837 bits per heavy atom. The van der Waals surface area contributed by atoms with Gasteiger partial charge in [0.2, 0.25) is 47.3 Å². The van der Waals surface area contributed by atoms with Crippen molar-refractivity contribution in [2.75, 3.05) is 18.8 Å². The van der Waals surface area contributed by atoms with Crippen LogP contribution in [0.25, 0.3) is 0 Å². The zero-order chi connectivity index (χ0) is 32.9. The van der Waals surface area contributed by atoms with Gasteiger partial charge in [-0.05, 0) is 31.6 Å². The minimum Gasteiger partial charge on any atom is -0.370 e. The third kappa shape index (κ3) is 12.9. The number of nitrogens with one attached hydrogen (secondary N) is 4. The van der Waals surface area contributed by atoms with Crippen LogP contribution in [-0.2, 0) is 38.4 Å². The first kappa shape index (κ1) is 37.1. The van der Waals surface area contributed by atoms with E-state index >= 15 is 0 Å². The number of carbonyl (C=O) groups excluding carboxylic acids is 8. The van der Waals surface area contributed by atoms with Gasteiger partial charge in [-0.1, -0.05) is 13.8 Å². The van der Waals surface area contributed by atoms with Crippen molar-refractivity contribution in [2.45, 2.75) is 82.6 Å². The fourth-order valence-corrected chi connectivity index (χ4v) is 4.59. The summed E-state index contributed by atoms with van der Waals surface area (Å²) in [6, 6.07) is -5.91.